The Kier molecular flexibility index (Phi) is 5.12. The molecule has 2 heterocycles. The molecule has 0 aliphatic heterocycles. The molecule has 0 spiro atoms. The maximum Gasteiger partial charge on any atom is 0.164 e. The third-order valence-electron chi connectivity index (χ3n) is 3.35. The second kappa shape index (κ2) is 7.08. The largest absolute Gasteiger partial charge is 0.453 e. The Labute approximate surface area is 157 Å². The van der Waals surface area contributed by atoms with E-state index in [1.807, 2.05) is 24.3 Å². The van der Waals surface area contributed by atoms with Crippen LogP contribution in [0.15, 0.2) is 57.4 Å². The van der Waals surface area contributed by atoms with E-state index in [0.717, 1.165) is 24.7 Å². The molecule has 3 aromatic rings. The molecule has 22 heavy (non-hydrogen) atoms. The summed E-state index contributed by atoms with van der Waals surface area (Å²) in [5, 5.41) is 0. The lowest BCUT2D eigenvalue weighted by Crippen LogP contribution is -2.21. The molecule has 0 bridgehead atoms. The van der Waals surface area contributed by atoms with Gasteiger partial charge in [-0.25, -0.2) is 0 Å². The number of anilines is 1. The Morgan fingerprint density at radius 2 is 1.27 bits per heavy atom. The molecule has 114 valence electrons. The molecule has 0 radical (unpaired) electrons. The van der Waals surface area contributed by atoms with Gasteiger partial charge in [-0.1, -0.05) is 17.7 Å². The number of aryl methyl sites for hydroxylation is 1. The summed E-state index contributed by atoms with van der Waals surface area (Å²) in [6.07, 6.45) is 0. The first-order chi connectivity index (χ1) is 10.6. The zero-order valence-electron chi connectivity index (χ0n) is 12.1. The lowest BCUT2D eigenvalue weighted by molar-refractivity contribution is 0.456. The van der Waals surface area contributed by atoms with Crippen LogP contribution in [0, 0.1) is 14.5 Å². The van der Waals surface area contributed by atoms with Gasteiger partial charge in [0.1, 0.15) is 11.5 Å². The number of hydrogen-bond acceptors (Lipinski definition) is 3. The van der Waals surface area contributed by atoms with Crippen LogP contribution in [0.5, 0.6) is 0 Å². The Hall–Kier alpha value is -0.960. The van der Waals surface area contributed by atoms with Gasteiger partial charge in [0.15, 0.2) is 7.53 Å². The topological polar surface area (TPSA) is 29.5 Å². The second-order valence-electron chi connectivity index (χ2n) is 5.10. The van der Waals surface area contributed by atoms with Crippen molar-refractivity contribution in [1.29, 1.82) is 0 Å². The molecule has 0 saturated carbocycles. The number of halogens is 2. The van der Waals surface area contributed by atoms with Crippen LogP contribution in [-0.4, -0.2) is 0 Å². The van der Waals surface area contributed by atoms with Crippen molar-refractivity contribution in [2.45, 2.75) is 20.0 Å². The van der Waals surface area contributed by atoms with Crippen LogP contribution in [0.2, 0.25) is 0 Å². The quantitative estimate of drug-likeness (QED) is 0.412. The lowest BCUT2D eigenvalue weighted by Gasteiger charge is -2.23. The van der Waals surface area contributed by atoms with Crippen molar-refractivity contribution in [3.05, 3.63) is 73.1 Å². The highest BCUT2D eigenvalue weighted by atomic mass is 127. The van der Waals surface area contributed by atoms with Gasteiger partial charge in [-0.15, -0.1) is 0 Å². The Morgan fingerprint density at radius 3 is 1.68 bits per heavy atom. The summed E-state index contributed by atoms with van der Waals surface area (Å²) in [7, 11) is 0. The molecular weight excluding hydrogens is 504 g/mol. The summed E-state index contributed by atoms with van der Waals surface area (Å²) in [5.74, 6) is 1.90. The maximum atomic E-state index is 5.72. The fraction of sp³-hybridized carbons (Fsp3) is 0.176. The highest BCUT2D eigenvalue weighted by Gasteiger charge is 2.13. The number of hydrogen-bond donors (Lipinski definition) is 0. The van der Waals surface area contributed by atoms with Gasteiger partial charge in [-0.3, -0.25) is 0 Å². The van der Waals surface area contributed by atoms with Crippen molar-refractivity contribution < 1.29 is 8.83 Å². The van der Waals surface area contributed by atoms with Gasteiger partial charge in [0.25, 0.3) is 0 Å². The molecule has 2 aromatic heterocycles. The molecule has 5 heteroatoms. The molecule has 0 aliphatic carbocycles. The average molecular weight is 519 g/mol. The van der Waals surface area contributed by atoms with Gasteiger partial charge in [0.2, 0.25) is 0 Å². The monoisotopic (exact) mass is 519 g/mol. The van der Waals surface area contributed by atoms with Crippen molar-refractivity contribution in [2.24, 2.45) is 0 Å². The van der Waals surface area contributed by atoms with Gasteiger partial charge in [0.05, 0.1) is 13.1 Å². The van der Waals surface area contributed by atoms with E-state index in [2.05, 4.69) is 81.3 Å². The van der Waals surface area contributed by atoms with Crippen LogP contribution in [0.4, 0.5) is 5.69 Å². The van der Waals surface area contributed by atoms with Crippen LogP contribution in [0.3, 0.4) is 0 Å². The summed E-state index contributed by atoms with van der Waals surface area (Å²) in [4.78, 5) is 2.25. The minimum atomic E-state index is 0.712. The van der Waals surface area contributed by atoms with Crippen molar-refractivity contribution >= 4 is 50.9 Å². The maximum absolute atomic E-state index is 5.72. The molecule has 0 saturated heterocycles. The van der Waals surface area contributed by atoms with Gasteiger partial charge >= 0.3 is 0 Å². The molecule has 0 unspecified atom stereocenters. The minimum absolute atomic E-state index is 0.712. The van der Waals surface area contributed by atoms with E-state index in [9.17, 15) is 0 Å². The van der Waals surface area contributed by atoms with Gasteiger partial charge in [0, 0.05) is 5.69 Å². The van der Waals surface area contributed by atoms with E-state index in [0.29, 0.717) is 13.1 Å². The molecule has 0 aliphatic rings. The molecule has 0 N–H and O–H groups in total. The molecule has 0 atom stereocenters. The molecule has 3 rings (SSSR count). The number of nitrogens with zero attached hydrogens (tertiary/aromatic N) is 1. The SMILES string of the molecule is Cc1ccc(N(Cc2ccc(I)o2)Cc2ccc(I)o2)cc1. The van der Waals surface area contributed by atoms with Crippen LogP contribution < -0.4 is 4.90 Å². The summed E-state index contributed by atoms with van der Waals surface area (Å²) >= 11 is 4.38. The standard InChI is InChI=1S/C17H15I2NO2/c1-12-2-4-13(5-3-12)20(10-14-6-8-16(18)21-14)11-15-7-9-17(19)22-15/h2-9H,10-11H2,1H3. The highest BCUT2D eigenvalue weighted by molar-refractivity contribution is 14.1. The zero-order valence-corrected chi connectivity index (χ0v) is 16.4. The zero-order chi connectivity index (χ0) is 15.5. The van der Waals surface area contributed by atoms with Crippen LogP contribution in [0.25, 0.3) is 0 Å². The first-order valence-electron chi connectivity index (χ1n) is 6.90. The normalized spacial score (nSPS) is 10.9. The van der Waals surface area contributed by atoms with Crippen molar-refractivity contribution in [1.82, 2.24) is 0 Å². The van der Waals surface area contributed by atoms with E-state index in [1.54, 1.807) is 0 Å². The molecule has 0 amide bonds. The molecule has 3 nitrogen and oxygen atoms in total. The van der Waals surface area contributed by atoms with Crippen LogP contribution in [0.1, 0.15) is 17.1 Å². The first kappa shape index (κ1) is 15.9. The van der Waals surface area contributed by atoms with Crippen LogP contribution >= 0.6 is 45.2 Å². The van der Waals surface area contributed by atoms with Gasteiger partial charge in [-0.05, 0) is 88.5 Å². The number of furan rings is 2. The molecule has 1 aromatic carbocycles. The van der Waals surface area contributed by atoms with Gasteiger partial charge < -0.3 is 13.7 Å². The fourth-order valence-electron chi connectivity index (χ4n) is 2.24. The first-order valence-corrected chi connectivity index (χ1v) is 9.06. The Morgan fingerprint density at radius 1 is 0.773 bits per heavy atom. The van der Waals surface area contributed by atoms with Crippen LogP contribution in [-0.2, 0) is 13.1 Å². The second-order valence-corrected chi connectivity index (χ2v) is 7.23. The summed E-state index contributed by atoms with van der Waals surface area (Å²) in [6, 6.07) is 16.5. The molecular formula is C17H15I2NO2. The average Bonchev–Trinajstić information content (AvgIpc) is 3.08. The third-order valence-corrected chi connectivity index (χ3v) is 4.51. The lowest BCUT2D eigenvalue weighted by atomic mass is 10.2. The van der Waals surface area contributed by atoms with E-state index in [4.69, 9.17) is 8.83 Å². The van der Waals surface area contributed by atoms with E-state index < -0.39 is 0 Å². The number of rotatable bonds is 5. The Balaban J connectivity index is 1.85. The predicted octanol–water partition coefficient (Wildman–Crippen LogP) is 5.60. The van der Waals surface area contributed by atoms with Crippen molar-refractivity contribution in [3.8, 4) is 0 Å². The van der Waals surface area contributed by atoms with Crippen molar-refractivity contribution in [2.75, 3.05) is 4.90 Å². The summed E-state index contributed by atoms with van der Waals surface area (Å²) in [5.41, 5.74) is 2.41. The Bertz CT molecular complexity index is 704. The van der Waals surface area contributed by atoms with E-state index in [-0.39, 0.29) is 0 Å². The van der Waals surface area contributed by atoms with E-state index >= 15 is 0 Å². The third kappa shape index (κ3) is 4.07. The smallest absolute Gasteiger partial charge is 0.164 e. The minimum Gasteiger partial charge on any atom is -0.453 e. The van der Waals surface area contributed by atoms with Gasteiger partial charge in [-0.2, -0.15) is 0 Å². The van der Waals surface area contributed by atoms with E-state index in [1.165, 1.54) is 5.56 Å². The predicted molar refractivity (Wildman–Crippen MR) is 104 cm³/mol. The summed E-state index contributed by atoms with van der Waals surface area (Å²) < 4.78 is 13.2. The molecule has 0 fully saturated rings. The number of benzene rings is 1. The highest BCUT2D eigenvalue weighted by Crippen LogP contribution is 2.23. The van der Waals surface area contributed by atoms with Crippen molar-refractivity contribution in [3.63, 3.8) is 0 Å². The summed E-state index contributed by atoms with van der Waals surface area (Å²) in [6.45, 7) is 3.52. The fourth-order valence-corrected chi connectivity index (χ4v) is 3.17.